The Balaban J connectivity index is 1.94. The minimum absolute atomic E-state index is 0.390. The highest BCUT2D eigenvalue weighted by Crippen LogP contribution is 2.24. The molecule has 11 nitrogen and oxygen atoms in total. The van der Waals surface area contributed by atoms with E-state index in [1.165, 1.54) is 13.8 Å². The van der Waals surface area contributed by atoms with Gasteiger partial charge in [0.15, 0.2) is 12.6 Å². The topological polar surface area (TPSA) is 178 Å². The molecule has 146 valence electrons. The number of aliphatic hydroxyl groups is 6. The zero-order valence-corrected chi connectivity index (χ0v) is 13.8. The molecule has 0 aromatic rings. The summed E-state index contributed by atoms with van der Waals surface area (Å²) in [6.07, 6.45) is -12.2. The predicted octanol–water partition coefficient (Wildman–Crippen LogP) is -4.23. The Morgan fingerprint density at radius 1 is 0.960 bits per heavy atom. The summed E-state index contributed by atoms with van der Waals surface area (Å²) in [7, 11) is 0. The van der Waals surface area contributed by atoms with Crippen molar-refractivity contribution in [2.75, 3.05) is 6.61 Å². The molecule has 0 saturated carbocycles. The summed E-state index contributed by atoms with van der Waals surface area (Å²) in [4.78, 5) is 11.1. The number of hydrogen-bond donors (Lipinski definition) is 7. The summed E-state index contributed by atoms with van der Waals surface area (Å²) in [5.74, 6) is -0.520. The van der Waals surface area contributed by atoms with Crippen LogP contribution in [0.2, 0.25) is 0 Å². The maximum absolute atomic E-state index is 11.1. The van der Waals surface area contributed by atoms with Gasteiger partial charge in [-0.15, -0.1) is 0 Å². The lowest BCUT2D eigenvalue weighted by atomic mass is 9.97. The first-order valence-corrected chi connectivity index (χ1v) is 7.91. The number of aliphatic hydroxyl groups excluding tert-OH is 6. The molecular formula is C14H25NO10. The minimum Gasteiger partial charge on any atom is -0.388 e. The van der Waals surface area contributed by atoms with Crippen molar-refractivity contribution in [1.29, 1.82) is 0 Å². The first-order chi connectivity index (χ1) is 11.6. The molecule has 2 aliphatic rings. The van der Waals surface area contributed by atoms with E-state index in [2.05, 4.69) is 5.32 Å². The molecule has 2 heterocycles. The van der Waals surface area contributed by atoms with Crippen LogP contribution in [0.4, 0.5) is 0 Å². The quantitative estimate of drug-likeness (QED) is 0.257. The third-order valence-corrected chi connectivity index (χ3v) is 4.32. The third kappa shape index (κ3) is 4.45. The van der Waals surface area contributed by atoms with E-state index in [0.29, 0.717) is 0 Å². The maximum atomic E-state index is 11.1. The fraction of sp³-hybridized carbons (Fsp3) is 0.929. The van der Waals surface area contributed by atoms with Crippen LogP contribution in [0.3, 0.4) is 0 Å². The second kappa shape index (κ2) is 8.20. The van der Waals surface area contributed by atoms with Crippen molar-refractivity contribution >= 4 is 5.91 Å². The largest absolute Gasteiger partial charge is 0.388 e. The highest BCUT2D eigenvalue weighted by atomic mass is 16.7. The van der Waals surface area contributed by atoms with Gasteiger partial charge in [0.1, 0.15) is 42.7 Å². The molecule has 0 spiro atoms. The number of ether oxygens (including phenoxy) is 3. The van der Waals surface area contributed by atoms with E-state index in [-0.39, 0.29) is 6.61 Å². The monoisotopic (exact) mass is 367 g/mol. The van der Waals surface area contributed by atoms with Crippen LogP contribution in [0.15, 0.2) is 0 Å². The van der Waals surface area contributed by atoms with E-state index in [1.807, 2.05) is 0 Å². The second-order valence-electron chi connectivity index (χ2n) is 6.29. The van der Waals surface area contributed by atoms with Crippen molar-refractivity contribution in [1.82, 2.24) is 5.32 Å². The molecule has 0 bridgehead atoms. The van der Waals surface area contributed by atoms with Crippen LogP contribution < -0.4 is 5.32 Å². The predicted molar refractivity (Wildman–Crippen MR) is 78.8 cm³/mol. The molecule has 11 heteroatoms. The first kappa shape index (κ1) is 20.4. The van der Waals surface area contributed by atoms with Crippen molar-refractivity contribution < 1.29 is 49.6 Å². The summed E-state index contributed by atoms with van der Waals surface area (Å²) in [6, 6.07) is -1.21. The summed E-state index contributed by atoms with van der Waals surface area (Å²) in [5.41, 5.74) is 0. The van der Waals surface area contributed by atoms with Crippen molar-refractivity contribution in [3.8, 4) is 0 Å². The van der Waals surface area contributed by atoms with Crippen molar-refractivity contribution in [3.63, 3.8) is 0 Å². The van der Waals surface area contributed by atoms with E-state index in [0.717, 1.165) is 0 Å². The van der Waals surface area contributed by atoms with Crippen molar-refractivity contribution in [2.45, 2.75) is 75.2 Å². The first-order valence-electron chi connectivity index (χ1n) is 7.91. The summed E-state index contributed by atoms with van der Waals surface area (Å²) >= 11 is 0. The van der Waals surface area contributed by atoms with Crippen LogP contribution in [0.25, 0.3) is 0 Å². The van der Waals surface area contributed by atoms with Gasteiger partial charge in [0.05, 0.1) is 12.7 Å². The van der Waals surface area contributed by atoms with E-state index in [9.17, 15) is 35.4 Å². The number of rotatable bonds is 4. The van der Waals surface area contributed by atoms with Crippen LogP contribution in [-0.2, 0) is 19.0 Å². The van der Waals surface area contributed by atoms with Crippen molar-refractivity contribution in [2.24, 2.45) is 0 Å². The van der Waals surface area contributed by atoms with E-state index < -0.39 is 67.3 Å². The zero-order valence-electron chi connectivity index (χ0n) is 13.8. The lowest BCUT2D eigenvalue weighted by Crippen LogP contribution is -2.64. The van der Waals surface area contributed by atoms with E-state index in [4.69, 9.17) is 14.2 Å². The minimum atomic E-state index is -1.58. The van der Waals surface area contributed by atoms with Gasteiger partial charge in [0.25, 0.3) is 0 Å². The average molecular weight is 367 g/mol. The number of hydrogen-bond acceptors (Lipinski definition) is 10. The second-order valence-corrected chi connectivity index (χ2v) is 6.29. The molecule has 2 rings (SSSR count). The van der Waals surface area contributed by atoms with Crippen LogP contribution in [-0.4, -0.2) is 105 Å². The van der Waals surface area contributed by atoms with Gasteiger partial charge >= 0.3 is 0 Å². The molecule has 0 radical (unpaired) electrons. The van der Waals surface area contributed by atoms with Crippen molar-refractivity contribution in [3.05, 3.63) is 0 Å². The molecule has 2 aliphatic heterocycles. The molecule has 10 atom stereocenters. The Kier molecular flexibility index (Phi) is 6.70. The molecule has 2 unspecified atom stereocenters. The summed E-state index contributed by atoms with van der Waals surface area (Å²) in [6.45, 7) is 2.27. The number of carbonyl (C=O) groups excluding carboxylic acids is 1. The molecule has 0 aromatic carbocycles. The molecule has 2 fully saturated rings. The Labute approximate surface area is 143 Å². The third-order valence-electron chi connectivity index (χ3n) is 4.32. The van der Waals surface area contributed by atoms with Gasteiger partial charge < -0.3 is 50.2 Å². The Bertz CT molecular complexity index is 465. The lowest BCUT2D eigenvalue weighted by molar-refractivity contribution is -0.313. The van der Waals surface area contributed by atoms with Gasteiger partial charge in [0.2, 0.25) is 5.91 Å². The highest BCUT2D eigenvalue weighted by Gasteiger charge is 2.46. The van der Waals surface area contributed by atoms with E-state index in [1.54, 1.807) is 0 Å². The normalized spacial score (nSPS) is 48.2. The van der Waals surface area contributed by atoms with Gasteiger partial charge in [-0.3, -0.25) is 4.79 Å². The van der Waals surface area contributed by atoms with Gasteiger partial charge in [-0.1, -0.05) is 0 Å². The molecule has 0 aromatic heterocycles. The van der Waals surface area contributed by atoms with Gasteiger partial charge in [-0.2, -0.15) is 0 Å². The summed E-state index contributed by atoms with van der Waals surface area (Å²) < 4.78 is 15.6. The SMILES string of the molecule is CC(=O)N[C@H]1[C@@H](O)[C@H](O)C(CO[C@@H]2OC(C)[C@@H](O)[C@H](O)[C@@H]2O)O[C@H]1O. The zero-order chi connectivity index (χ0) is 18.9. The standard InChI is InChI=1S/C14H25NO10/c1-4-8(17)11(20)12(21)14(24-4)23-3-6-9(18)10(19)7(13(22)25-6)15-5(2)16/h4,6-14,17-22H,3H2,1-2H3,(H,15,16)/t4?,6?,7-,8+,9+,10+,11-,12-,13+,14+/m0/s1. The fourth-order valence-corrected chi connectivity index (χ4v) is 2.82. The Hall–Kier alpha value is -0.890. The van der Waals surface area contributed by atoms with Gasteiger partial charge in [-0.05, 0) is 6.92 Å². The van der Waals surface area contributed by atoms with Crippen LogP contribution >= 0.6 is 0 Å². The summed E-state index contributed by atoms with van der Waals surface area (Å²) in [5, 5.41) is 61.4. The molecule has 1 amide bonds. The molecule has 7 N–H and O–H groups in total. The highest BCUT2D eigenvalue weighted by molar-refractivity contribution is 5.73. The smallest absolute Gasteiger partial charge is 0.217 e. The number of amides is 1. The maximum Gasteiger partial charge on any atom is 0.217 e. The average Bonchev–Trinajstić information content (AvgIpc) is 2.55. The van der Waals surface area contributed by atoms with Crippen LogP contribution in [0.1, 0.15) is 13.8 Å². The Morgan fingerprint density at radius 3 is 2.20 bits per heavy atom. The molecular weight excluding hydrogens is 342 g/mol. The number of nitrogens with one attached hydrogen (secondary N) is 1. The number of carbonyl (C=O) groups is 1. The fourth-order valence-electron chi connectivity index (χ4n) is 2.82. The van der Waals surface area contributed by atoms with Gasteiger partial charge in [-0.25, -0.2) is 0 Å². The molecule has 25 heavy (non-hydrogen) atoms. The van der Waals surface area contributed by atoms with Crippen LogP contribution in [0, 0.1) is 0 Å². The molecule has 2 saturated heterocycles. The Morgan fingerprint density at radius 2 is 1.60 bits per heavy atom. The lowest BCUT2D eigenvalue weighted by Gasteiger charge is -2.42. The van der Waals surface area contributed by atoms with Crippen LogP contribution in [0.5, 0.6) is 0 Å². The van der Waals surface area contributed by atoms with Gasteiger partial charge in [0, 0.05) is 6.92 Å². The van der Waals surface area contributed by atoms with E-state index >= 15 is 0 Å². The molecule has 0 aliphatic carbocycles.